The molecule has 2 aromatic carbocycles. The fourth-order valence-corrected chi connectivity index (χ4v) is 5.91. The topological polar surface area (TPSA) is 79.8 Å². The number of carbonyl (C=O) groups excluding carboxylic acids is 1. The van der Waals surface area contributed by atoms with Gasteiger partial charge in [-0.25, -0.2) is 13.4 Å². The van der Waals surface area contributed by atoms with E-state index in [-0.39, 0.29) is 23.0 Å². The number of aromatic nitrogens is 1. The van der Waals surface area contributed by atoms with Gasteiger partial charge in [0.2, 0.25) is 5.91 Å². The fourth-order valence-electron chi connectivity index (χ4n) is 3.72. The highest BCUT2D eigenvalue weighted by atomic mass is 32.2. The van der Waals surface area contributed by atoms with Crippen molar-refractivity contribution in [2.75, 3.05) is 43.9 Å². The van der Waals surface area contributed by atoms with E-state index in [1.165, 1.54) is 11.3 Å². The molecule has 0 N–H and O–H groups in total. The normalized spacial score (nSPS) is 14.8. The lowest BCUT2D eigenvalue weighted by molar-refractivity contribution is -0.131. The van der Waals surface area contributed by atoms with Crippen LogP contribution < -0.4 is 9.64 Å². The van der Waals surface area contributed by atoms with E-state index >= 15 is 0 Å². The van der Waals surface area contributed by atoms with Gasteiger partial charge in [0, 0.05) is 38.3 Å². The first-order valence-electron chi connectivity index (χ1n) is 10.1. The molecule has 7 nitrogen and oxygen atoms in total. The number of fused-ring (bicyclic) bond motifs is 1. The maximum Gasteiger partial charge on any atom is 0.223 e. The van der Waals surface area contributed by atoms with E-state index < -0.39 is 9.84 Å². The molecule has 1 amide bonds. The summed E-state index contributed by atoms with van der Waals surface area (Å²) in [6.45, 7) is 4.48. The molecule has 1 aliphatic heterocycles. The first-order chi connectivity index (χ1) is 14.9. The monoisotopic (exact) mass is 459 g/mol. The van der Waals surface area contributed by atoms with Crippen LogP contribution in [0.5, 0.6) is 5.75 Å². The molecule has 1 saturated heterocycles. The number of amides is 1. The number of nitrogens with zero attached hydrogens (tertiary/aromatic N) is 3. The van der Waals surface area contributed by atoms with Crippen molar-refractivity contribution in [2.24, 2.45) is 0 Å². The molecule has 4 rings (SSSR count). The number of hydrogen-bond acceptors (Lipinski definition) is 7. The van der Waals surface area contributed by atoms with Crippen LogP contribution in [0.3, 0.4) is 0 Å². The molecule has 1 fully saturated rings. The van der Waals surface area contributed by atoms with Crippen molar-refractivity contribution in [2.45, 2.75) is 18.2 Å². The van der Waals surface area contributed by atoms with Crippen LogP contribution in [0.1, 0.15) is 11.4 Å². The average molecular weight is 460 g/mol. The van der Waals surface area contributed by atoms with Crippen molar-refractivity contribution < 1.29 is 17.9 Å². The van der Waals surface area contributed by atoms with E-state index in [9.17, 15) is 13.2 Å². The Bertz CT molecular complexity index is 1180. The summed E-state index contributed by atoms with van der Waals surface area (Å²) in [6, 6.07) is 12.8. The smallest absolute Gasteiger partial charge is 0.223 e. The molecule has 0 bridgehead atoms. The Kier molecular flexibility index (Phi) is 6.15. The minimum atomic E-state index is -3.53. The maximum absolute atomic E-state index is 12.8. The van der Waals surface area contributed by atoms with Gasteiger partial charge in [-0.1, -0.05) is 0 Å². The lowest BCUT2D eigenvalue weighted by Gasteiger charge is -2.36. The Labute approximate surface area is 186 Å². The van der Waals surface area contributed by atoms with Gasteiger partial charge in [-0.2, -0.15) is 0 Å². The summed E-state index contributed by atoms with van der Waals surface area (Å²) >= 11 is 1.47. The zero-order valence-electron chi connectivity index (χ0n) is 17.6. The quantitative estimate of drug-likeness (QED) is 0.564. The Hall–Kier alpha value is -2.65. The number of ether oxygens (including phenoxy) is 1. The second-order valence-corrected chi connectivity index (χ2v) is 10.8. The molecule has 0 aliphatic carbocycles. The minimum Gasteiger partial charge on any atom is -0.497 e. The third kappa shape index (κ3) is 4.83. The van der Waals surface area contributed by atoms with Crippen LogP contribution in [0.2, 0.25) is 0 Å². The molecule has 1 aliphatic rings. The zero-order chi connectivity index (χ0) is 22.0. The highest BCUT2D eigenvalue weighted by molar-refractivity contribution is 7.91. The summed E-state index contributed by atoms with van der Waals surface area (Å²) in [7, 11) is -1.89. The summed E-state index contributed by atoms with van der Waals surface area (Å²) in [6.07, 6.45) is -0.00930. The molecular formula is C22H25N3O4S2. The molecule has 164 valence electrons. The second-order valence-electron chi connectivity index (χ2n) is 7.50. The number of anilines is 1. The predicted octanol–water partition coefficient (Wildman–Crippen LogP) is 3.13. The highest BCUT2D eigenvalue weighted by Gasteiger charge is 2.24. The number of rotatable bonds is 6. The summed E-state index contributed by atoms with van der Waals surface area (Å²) in [5.74, 6) is 0.504. The van der Waals surface area contributed by atoms with Crippen molar-refractivity contribution in [3.63, 3.8) is 0 Å². The van der Waals surface area contributed by atoms with Crippen molar-refractivity contribution in [3.8, 4) is 5.75 Å². The first-order valence-corrected chi connectivity index (χ1v) is 12.6. The van der Waals surface area contributed by atoms with E-state index in [0.717, 1.165) is 26.7 Å². The van der Waals surface area contributed by atoms with Gasteiger partial charge in [0.15, 0.2) is 9.84 Å². The lowest BCUT2D eigenvalue weighted by atomic mass is 10.2. The highest BCUT2D eigenvalue weighted by Crippen LogP contribution is 2.25. The second kappa shape index (κ2) is 8.84. The number of sulfone groups is 1. The fraction of sp³-hybridized carbons (Fsp3) is 0.364. The Morgan fingerprint density at radius 3 is 2.48 bits per heavy atom. The standard InChI is InChI=1S/C22H25N3O4S2/c1-16-23-20-8-7-19(15-21(20)30-16)31(27,28)14-9-22(26)25-12-10-24(11-13-25)17-3-5-18(29-2)6-4-17/h3-8,15H,9-14H2,1-2H3. The largest absolute Gasteiger partial charge is 0.497 e. The number of methoxy groups -OCH3 is 1. The lowest BCUT2D eigenvalue weighted by Crippen LogP contribution is -2.49. The molecule has 0 radical (unpaired) electrons. The van der Waals surface area contributed by atoms with Gasteiger partial charge in [0.1, 0.15) is 5.75 Å². The Morgan fingerprint density at radius 2 is 1.81 bits per heavy atom. The molecule has 9 heteroatoms. The number of benzene rings is 2. The molecule has 0 saturated carbocycles. The van der Waals surface area contributed by atoms with E-state index in [2.05, 4.69) is 9.88 Å². The van der Waals surface area contributed by atoms with Crippen molar-refractivity contribution in [1.29, 1.82) is 0 Å². The molecule has 0 unspecified atom stereocenters. The molecular weight excluding hydrogens is 434 g/mol. The molecule has 31 heavy (non-hydrogen) atoms. The van der Waals surface area contributed by atoms with Gasteiger partial charge in [-0.3, -0.25) is 4.79 Å². The predicted molar refractivity (Wildman–Crippen MR) is 123 cm³/mol. The van der Waals surface area contributed by atoms with Crippen LogP contribution in [0.25, 0.3) is 10.2 Å². The third-order valence-electron chi connectivity index (χ3n) is 5.48. The van der Waals surface area contributed by atoms with Crippen molar-refractivity contribution >= 4 is 43.0 Å². The van der Waals surface area contributed by atoms with Crippen LogP contribution in [0.4, 0.5) is 5.69 Å². The third-order valence-corrected chi connectivity index (χ3v) is 8.13. The molecule has 1 aromatic heterocycles. The number of thiazole rings is 1. The van der Waals surface area contributed by atoms with Crippen LogP contribution in [-0.4, -0.2) is 63.3 Å². The molecule has 3 aromatic rings. The van der Waals surface area contributed by atoms with E-state index in [4.69, 9.17) is 4.74 Å². The average Bonchev–Trinajstić information content (AvgIpc) is 3.17. The summed E-state index contributed by atoms with van der Waals surface area (Å²) in [4.78, 5) is 21.2. The van der Waals surface area contributed by atoms with Crippen molar-refractivity contribution in [1.82, 2.24) is 9.88 Å². The van der Waals surface area contributed by atoms with Gasteiger partial charge in [-0.15, -0.1) is 11.3 Å². The number of piperazine rings is 1. The van der Waals surface area contributed by atoms with Gasteiger partial charge < -0.3 is 14.5 Å². The van der Waals surface area contributed by atoms with Gasteiger partial charge >= 0.3 is 0 Å². The summed E-state index contributed by atoms with van der Waals surface area (Å²) in [5, 5.41) is 0.897. The Morgan fingerprint density at radius 1 is 1.10 bits per heavy atom. The van der Waals surface area contributed by atoms with E-state index in [0.29, 0.717) is 26.2 Å². The summed E-state index contributed by atoms with van der Waals surface area (Å²) < 4.78 is 31.5. The molecule has 0 atom stereocenters. The van der Waals surface area contributed by atoms with Gasteiger partial charge in [0.25, 0.3) is 0 Å². The zero-order valence-corrected chi connectivity index (χ0v) is 19.2. The minimum absolute atomic E-state index is 0.00930. The summed E-state index contributed by atoms with van der Waals surface area (Å²) in [5.41, 5.74) is 1.89. The molecule has 2 heterocycles. The van der Waals surface area contributed by atoms with Crippen LogP contribution >= 0.6 is 11.3 Å². The van der Waals surface area contributed by atoms with Crippen LogP contribution in [-0.2, 0) is 14.6 Å². The number of aryl methyl sites for hydroxylation is 1. The first kappa shape index (κ1) is 21.6. The number of hydrogen-bond donors (Lipinski definition) is 0. The van der Waals surface area contributed by atoms with Crippen LogP contribution in [0.15, 0.2) is 47.4 Å². The maximum atomic E-state index is 12.8. The van der Waals surface area contributed by atoms with Crippen LogP contribution in [0, 0.1) is 6.92 Å². The number of carbonyl (C=O) groups is 1. The van der Waals surface area contributed by atoms with E-state index in [1.54, 1.807) is 30.2 Å². The SMILES string of the molecule is COc1ccc(N2CCN(C(=O)CCS(=O)(=O)c3ccc4nc(C)sc4c3)CC2)cc1. The Balaban J connectivity index is 1.33. The van der Waals surface area contributed by atoms with E-state index in [1.807, 2.05) is 31.2 Å². The van der Waals surface area contributed by atoms with Crippen molar-refractivity contribution in [3.05, 3.63) is 47.5 Å². The van der Waals surface area contributed by atoms with Gasteiger partial charge in [0.05, 0.1) is 33.0 Å². The van der Waals surface area contributed by atoms with Gasteiger partial charge in [-0.05, 0) is 49.4 Å². The molecule has 0 spiro atoms.